The van der Waals surface area contributed by atoms with Crippen molar-refractivity contribution in [3.05, 3.63) is 76.3 Å². The lowest BCUT2D eigenvalue weighted by molar-refractivity contribution is -0.122. The van der Waals surface area contributed by atoms with E-state index in [0.717, 1.165) is 26.9 Å². The average Bonchev–Trinajstić information content (AvgIpc) is 2.68. The molecule has 1 atom stereocenters. The van der Waals surface area contributed by atoms with Crippen LogP contribution in [0.25, 0.3) is 10.8 Å². The molecule has 0 aliphatic heterocycles. The zero-order valence-electron chi connectivity index (χ0n) is 16.6. The van der Waals surface area contributed by atoms with E-state index in [4.69, 9.17) is 23.2 Å². The Hall–Kier alpha value is -2.28. The fourth-order valence-electron chi connectivity index (χ4n) is 3.38. The summed E-state index contributed by atoms with van der Waals surface area (Å²) in [7, 11) is -3.76. The van der Waals surface area contributed by atoms with Crippen LogP contribution in [0.15, 0.2) is 60.7 Å². The predicted octanol–water partition coefficient (Wildman–Crippen LogP) is 5.01. The van der Waals surface area contributed by atoms with Gasteiger partial charge in [0.15, 0.2) is 0 Å². The molecule has 1 N–H and O–H groups in total. The van der Waals surface area contributed by atoms with Gasteiger partial charge in [-0.1, -0.05) is 66.5 Å². The largest absolute Gasteiger partial charge is 0.350 e. The van der Waals surface area contributed by atoms with Crippen molar-refractivity contribution in [3.63, 3.8) is 0 Å². The number of rotatable bonds is 7. The minimum atomic E-state index is -3.76. The van der Waals surface area contributed by atoms with Gasteiger partial charge in [0.05, 0.1) is 11.9 Å². The van der Waals surface area contributed by atoms with Crippen LogP contribution in [0.3, 0.4) is 0 Å². The van der Waals surface area contributed by atoms with Crippen molar-refractivity contribution < 1.29 is 13.2 Å². The predicted molar refractivity (Wildman–Crippen MR) is 124 cm³/mol. The fraction of sp³-hybridized carbons (Fsp3) is 0.227. The molecule has 158 valence electrons. The summed E-state index contributed by atoms with van der Waals surface area (Å²) in [5.74, 6) is -0.396. The molecule has 0 aliphatic rings. The Labute approximate surface area is 186 Å². The second-order valence-electron chi connectivity index (χ2n) is 7.01. The lowest BCUT2D eigenvalue weighted by atomic mass is 10.1. The number of fused-ring (bicyclic) bond motifs is 1. The Balaban J connectivity index is 1.84. The first-order chi connectivity index (χ1) is 14.2. The Bertz CT molecular complexity index is 1160. The first kappa shape index (κ1) is 22.4. The first-order valence-electron chi connectivity index (χ1n) is 9.40. The van der Waals surface area contributed by atoms with Gasteiger partial charge in [-0.05, 0) is 47.0 Å². The normalized spacial score (nSPS) is 12.5. The number of benzene rings is 3. The molecule has 0 saturated carbocycles. The van der Waals surface area contributed by atoms with Crippen molar-refractivity contribution in [2.75, 3.05) is 10.6 Å². The quantitative estimate of drug-likeness (QED) is 0.534. The van der Waals surface area contributed by atoms with Gasteiger partial charge < -0.3 is 5.32 Å². The van der Waals surface area contributed by atoms with Crippen LogP contribution in [-0.4, -0.2) is 26.6 Å². The van der Waals surface area contributed by atoms with E-state index in [1.807, 2.05) is 42.5 Å². The third-order valence-electron chi connectivity index (χ3n) is 4.71. The maximum atomic E-state index is 13.0. The molecule has 0 aromatic heterocycles. The van der Waals surface area contributed by atoms with Crippen molar-refractivity contribution in [3.8, 4) is 0 Å². The second kappa shape index (κ2) is 9.25. The molecule has 0 aliphatic carbocycles. The molecule has 1 amide bonds. The number of anilines is 1. The molecule has 8 heteroatoms. The number of hydrogen-bond acceptors (Lipinski definition) is 3. The highest BCUT2D eigenvalue weighted by atomic mass is 35.5. The Morgan fingerprint density at radius 2 is 1.63 bits per heavy atom. The fourth-order valence-corrected chi connectivity index (χ4v) is 5.09. The second-order valence-corrected chi connectivity index (χ2v) is 9.74. The van der Waals surface area contributed by atoms with Gasteiger partial charge in [-0.15, -0.1) is 0 Å². The molecule has 5 nitrogen and oxygen atoms in total. The molecule has 0 unspecified atom stereocenters. The molecule has 0 fully saturated rings. The molecule has 30 heavy (non-hydrogen) atoms. The molecule has 3 aromatic rings. The summed E-state index contributed by atoms with van der Waals surface area (Å²) in [5, 5.41) is 5.62. The summed E-state index contributed by atoms with van der Waals surface area (Å²) in [6.07, 6.45) is 1.34. The van der Waals surface area contributed by atoms with E-state index in [9.17, 15) is 13.2 Å². The molecule has 0 radical (unpaired) electrons. The number of nitrogens with one attached hydrogen (secondary N) is 1. The Morgan fingerprint density at radius 3 is 2.23 bits per heavy atom. The SMILES string of the molecule is CC[C@@H](C(=O)NCc1ccc2ccccc2c1)N(c1cc(Cl)cc(Cl)c1)S(C)(=O)=O. The third kappa shape index (κ3) is 5.25. The monoisotopic (exact) mass is 464 g/mol. The highest BCUT2D eigenvalue weighted by Gasteiger charge is 2.31. The van der Waals surface area contributed by atoms with Gasteiger partial charge in [0.1, 0.15) is 6.04 Å². The molecule has 0 bridgehead atoms. The van der Waals surface area contributed by atoms with Gasteiger partial charge >= 0.3 is 0 Å². The minimum absolute atomic E-state index is 0.253. The van der Waals surface area contributed by atoms with Crippen LogP contribution in [0.1, 0.15) is 18.9 Å². The highest BCUT2D eigenvalue weighted by molar-refractivity contribution is 7.92. The lowest BCUT2D eigenvalue weighted by Crippen LogP contribution is -2.49. The number of carbonyl (C=O) groups excluding carboxylic acids is 1. The summed E-state index contributed by atoms with van der Waals surface area (Å²) in [6, 6.07) is 17.4. The number of halogens is 2. The topological polar surface area (TPSA) is 66.5 Å². The maximum absolute atomic E-state index is 13.0. The van der Waals surface area contributed by atoms with E-state index in [1.165, 1.54) is 18.2 Å². The van der Waals surface area contributed by atoms with E-state index in [1.54, 1.807) is 6.92 Å². The third-order valence-corrected chi connectivity index (χ3v) is 6.33. The van der Waals surface area contributed by atoms with Crippen LogP contribution >= 0.6 is 23.2 Å². The van der Waals surface area contributed by atoms with E-state index >= 15 is 0 Å². The minimum Gasteiger partial charge on any atom is -0.350 e. The lowest BCUT2D eigenvalue weighted by Gasteiger charge is -2.30. The van der Waals surface area contributed by atoms with Crippen molar-refractivity contribution in [1.29, 1.82) is 0 Å². The number of carbonyl (C=O) groups is 1. The van der Waals surface area contributed by atoms with Gasteiger partial charge in [0.2, 0.25) is 15.9 Å². The van der Waals surface area contributed by atoms with Crippen LogP contribution < -0.4 is 9.62 Å². The highest BCUT2D eigenvalue weighted by Crippen LogP contribution is 2.29. The van der Waals surface area contributed by atoms with Crippen molar-refractivity contribution in [1.82, 2.24) is 5.32 Å². The number of hydrogen-bond donors (Lipinski definition) is 1. The summed E-state index contributed by atoms with van der Waals surface area (Å²) in [6.45, 7) is 2.04. The number of amides is 1. The number of nitrogens with zero attached hydrogens (tertiary/aromatic N) is 1. The smallest absolute Gasteiger partial charge is 0.244 e. The summed E-state index contributed by atoms with van der Waals surface area (Å²) in [4.78, 5) is 13.0. The van der Waals surface area contributed by atoms with Crippen molar-refractivity contribution in [2.24, 2.45) is 0 Å². The van der Waals surface area contributed by atoms with Crippen LogP contribution in [-0.2, 0) is 21.4 Å². The molecule has 0 heterocycles. The van der Waals surface area contributed by atoms with E-state index < -0.39 is 22.0 Å². The zero-order chi connectivity index (χ0) is 21.9. The van der Waals surface area contributed by atoms with Crippen LogP contribution in [0, 0.1) is 0 Å². The van der Waals surface area contributed by atoms with Gasteiger partial charge in [0, 0.05) is 16.6 Å². The van der Waals surface area contributed by atoms with E-state index in [0.29, 0.717) is 0 Å². The van der Waals surface area contributed by atoms with Crippen LogP contribution in [0.4, 0.5) is 5.69 Å². The zero-order valence-corrected chi connectivity index (χ0v) is 18.9. The Morgan fingerprint density at radius 1 is 1.00 bits per heavy atom. The molecular weight excluding hydrogens is 443 g/mol. The van der Waals surface area contributed by atoms with Gasteiger partial charge in [-0.2, -0.15) is 0 Å². The van der Waals surface area contributed by atoms with Crippen LogP contribution in [0.2, 0.25) is 10.0 Å². The van der Waals surface area contributed by atoms with Gasteiger partial charge in [-0.3, -0.25) is 9.10 Å². The van der Waals surface area contributed by atoms with Gasteiger partial charge in [-0.25, -0.2) is 8.42 Å². The van der Waals surface area contributed by atoms with Gasteiger partial charge in [0.25, 0.3) is 0 Å². The molecule has 0 saturated heterocycles. The first-order valence-corrected chi connectivity index (χ1v) is 12.0. The molecule has 3 aromatic carbocycles. The summed E-state index contributed by atoms with van der Waals surface area (Å²) >= 11 is 12.1. The van der Waals surface area contributed by atoms with Crippen molar-refractivity contribution >= 4 is 55.6 Å². The van der Waals surface area contributed by atoms with Crippen LogP contribution in [0.5, 0.6) is 0 Å². The maximum Gasteiger partial charge on any atom is 0.244 e. The summed E-state index contributed by atoms with van der Waals surface area (Å²) < 4.78 is 26.1. The van der Waals surface area contributed by atoms with E-state index in [-0.39, 0.29) is 28.7 Å². The molecule has 3 rings (SSSR count). The molecular formula is C22H22Cl2N2O3S. The van der Waals surface area contributed by atoms with E-state index in [2.05, 4.69) is 5.32 Å². The summed E-state index contributed by atoms with van der Waals surface area (Å²) in [5.41, 5.74) is 1.18. The average molecular weight is 465 g/mol. The molecule has 0 spiro atoms. The number of sulfonamides is 1. The Kier molecular flexibility index (Phi) is 6.91. The van der Waals surface area contributed by atoms with Crippen molar-refractivity contribution in [2.45, 2.75) is 25.9 Å². The standard InChI is InChI=1S/C22H22Cl2N2O3S/c1-3-21(26(30(2,28)29)20-12-18(23)11-19(24)13-20)22(27)25-14-15-8-9-16-6-4-5-7-17(16)10-15/h4-13,21H,3,14H2,1-2H3,(H,25,27)/t21-/m0/s1.